The number of carbonyl (C=O) groups is 4. The summed E-state index contributed by atoms with van der Waals surface area (Å²) in [7, 11) is 0. The number of alkyl carbamates (subject to hydrolysis) is 1. The highest BCUT2D eigenvalue weighted by molar-refractivity contribution is 6.04. The summed E-state index contributed by atoms with van der Waals surface area (Å²) in [6.07, 6.45) is 0.665. The molecule has 5 N–H and O–H groups in total. The van der Waals surface area contributed by atoms with E-state index in [1.165, 1.54) is 32.0 Å². The molecule has 1 saturated heterocycles. The second-order valence-electron chi connectivity index (χ2n) is 9.63. The van der Waals surface area contributed by atoms with Gasteiger partial charge in [-0.25, -0.2) is 13.6 Å². The first-order chi connectivity index (χ1) is 18.8. The van der Waals surface area contributed by atoms with E-state index in [0.29, 0.717) is 35.1 Å². The Morgan fingerprint density at radius 1 is 0.977 bits per heavy atom. The van der Waals surface area contributed by atoms with Crippen LogP contribution in [0.5, 0.6) is 0 Å². The van der Waals surface area contributed by atoms with Crippen molar-refractivity contribution >= 4 is 53.5 Å². The smallest absolute Gasteiger partial charge is 0.415 e. The largest absolute Gasteiger partial charge is 0.479 e. The third-order valence-corrected chi connectivity index (χ3v) is 6.90. The van der Waals surface area contributed by atoms with E-state index >= 15 is 0 Å². The lowest BCUT2D eigenvalue weighted by Gasteiger charge is -2.24. The van der Waals surface area contributed by atoms with Crippen LogP contribution < -0.4 is 16.0 Å². The molecule has 0 saturated carbocycles. The molecule has 0 bridgehead atoms. The van der Waals surface area contributed by atoms with Crippen LogP contribution in [0.4, 0.5) is 25.0 Å². The molecular formula is C29H37ClF2N4O7. The van der Waals surface area contributed by atoms with Crippen LogP contribution in [-0.2, 0) is 47.9 Å². The van der Waals surface area contributed by atoms with E-state index in [9.17, 15) is 33.1 Å². The van der Waals surface area contributed by atoms with Gasteiger partial charge in [-0.1, -0.05) is 14.9 Å². The maximum Gasteiger partial charge on any atom is 0.415 e. The molecule has 1 fully saturated rings. The van der Waals surface area contributed by atoms with Gasteiger partial charge in [0.25, 0.3) is 5.91 Å². The van der Waals surface area contributed by atoms with E-state index in [-0.39, 0.29) is 75.8 Å². The summed E-state index contributed by atoms with van der Waals surface area (Å²) in [6, 6.07) is 5.29. The van der Waals surface area contributed by atoms with Gasteiger partial charge < -0.3 is 25.2 Å². The molecule has 5 rings (SSSR count). The SMILES string of the molecule is C.C.CC(=O)Nc1cc2c(cc1F)C1(CC2)OC(=O)NC1=O.CCOC(=N)C1(O)CCc2cc(NC(C)=O)c(F)cc21.Cl. The molecule has 2 atom stereocenters. The first-order valence-corrected chi connectivity index (χ1v) is 12.5. The summed E-state index contributed by atoms with van der Waals surface area (Å²) in [5.74, 6) is -2.90. The van der Waals surface area contributed by atoms with E-state index in [0.717, 1.165) is 6.07 Å². The summed E-state index contributed by atoms with van der Waals surface area (Å²) in [5, 5.41) is 25.2. The zero-order valence-corrected chi connectivity index (χ0v) is 23.2. The molecule has 2 unspecified atom stereocenters. The third kappa shape index (κ3) is 6.94. The molecule has 2 aromatic carbocycles. The molecule has 1 heterocycles. The Hall–Kier alpha value is -4.10. The Kier molecular flexibility index (Phi) is 11.9. The number of hydrogen-bond donors (Lipinski definition) is 5. The quantitative estimate of drug-likeness (QED) is 0.240. The number of anilines is 2. The Bertz CT molecular complexity index is 1450. The van der Waals surface area contributed by atoms with Crippen LogP contribution in [0.2, 0.25) is 0 Å². The second-order valence-corrected chi connectivity index (χ2v) is 9.63. The number of aliphatic hydroxyl groups is 1. The Morgan fingerprint density at radius 3 is 1.93 bits per heavy atom. The average molecular weight is 627 g/mol. The molecule has 43 heavy (non-hydrogen) atoms. The maximum atomic E-state index is 14.0. The van der Waals surface area contributed by atoms with Crippen molar-refractivity contribution < 1.29 is 42.5 Å². The minimum absolute atomic E-state index is 0. The van der Waals surface area contributed by atoms with Gasteiger partial charge in [0.05, 0.1) is 18.0 Å². The zero-order valence-electron chi connectivity index (χ0n) is 22.4. The fourth-order valence-corrected chi connectivity index (χ4v) is 5.14. The van der Waals surface area contributed by atoms with Crippen LogP contribution in [-0.4, -0.2) is 41.4 Å². The summed E-state index contributed by atoms with van der Waals surface area (Å²) in [5.41, 5.74) is -0.804. The highest BCUT2D eigenvalue weighted by atomic mass is 35.5. The predicted molar refractivity (Wildman–Crippen MR) is 158 cm³/mol. The number of fused-ring (bicyclic) bond motifs is 3. The van der Waals surface area contributed by atoms with Gasteiger partial charge in [0.1, 0.15) is 11.6 Å². The van der Waals surface area contributed by atoms with Crippen molar-refractivity contribution in [2.75, 3.05) is 17.2 Å². The fraction of sp³-hybridized carbons (Fsp3) is 0.414. The summed E-state index contributed by atoms with van der Waals surface area (Å²) < 4.78 is 38.1. The highest BCUT2D eigenvalue weighted by Gasteiger charge is 2.54. The third-order valence-electron chi connectivity index (χ3n) is 6.90. The second kappa shape index (κ2) is 13.9. The minimum atomic E-state index is -1.58. The number of nitrogens with one attached hydrogen (secondary N) is 4. The zero-order chi connectivity index (χ0) is 29.4. The van der Waals surface area contributed by atoms with Crippen molar-refractivity contribution in [3.05, 3.63) is 58.2 Å². The van der Waals surface area contributed by atoms with Crippen LogP contribution in [0.25, 0.3) is 0 Å². The van der Waals surface area contributed by atoms with Crippen LogP contribution in [0.3, 0.4) is 0 Å². The van der Waals surface area contributed by atoms with Gasteiger partial charge in [-0.2, -0.15) is 0 Å². The van der Waals surface area contributed by atoms with E-state index in [4.69, 9.17) is 14.9 Å². The molecule has 0 aromatic heterocycles. The molecule has 1 spiro atoms. The van der Waals surface area contributed by atoms with Crippen molar-refractivity contribution in [2.45, 2.75) is 72.5 Å². The van der Waals surface area contributed by atoms with Crippen LogP contribution in [0, 0.1) is 17.0 Å². The number of halogens is 3. The molecule has 4 amide bonds. The summed E-state index contributed by atoms with van der Waals surface area (Å²) >= 11 is 0. The minimum Gasteiger partial charge on any atom is -0.479 e. The number of rotatable bonds is 4. The molecular weight excluding hydrogens is 590 g/mol. The molecule has 2 aromatic rings. The van der Waals surface area contributed by atoms with Gasteiger partial charge in [0.15, 0.2) is 5.60 Å². The summed E-state index contributed by atoms with van der Waals surface area (Å²) in [4.78, 5) is 45.1. The van der Waals surface area contributed by atoms with E-state index in [1.54, 1.807) is 6.92 Å². The van der Waals surface area contributed by atoms with Crippen molar-refractivity contribution in [2.24, 2.45) is 0 Å². The maximum absolute atomic E-state index is 14.0. The number of carbonyl (C=O) groups excluding carboxylic acids is 4. The molecule has 11 nitrogen and oxygen atoms in total. The van der Waals surface area contributed by atoms with Gasteiger partial charge in [-0.15, -0.1) is 12.4 Å². The van der Waals surface area contributed by atoms with Gasteiger partial charge >= 0.3 is 6.09 Å². The van der Waals surface area contributed by atoms with Crippen molar-refractivity contribution in [3.63, 3.8) is 0 Å². The van der Waals surface area contributed by atoms with Crippen molar-refractivity contribution in [3.8, 4) is 0 Å². The summed E-state index contributed by atoms with van der Waals surface area (Å²) in [6.45, 7) is 4.56. The first-order valence-electron chi connectivity index (χ1n) is 12.5. The topological polar surface area (TPSA) is 167 Å². The normalized spacial score (nSPS) is 20.4. The van der Waals surface area contributed by atoms with Crippen molar-refractivity contribution in [1.82, 2.24) is 5.32 Å². The number of aryl methyl sites for hydroxylation is 2. The average Bonchev–Trinajstić information content (AvgIpc) is 3.48. The molecule has 236 valence electrons. The van der Waals surface area contributed by atoms with E-state index < -0.39 is 34.8 Å². The molecule has 14 heteroatoms. The van der Waals surface area contributed by atoms with Gasteiger partial charge in [-0.05, 0) is 67.1 Å². The number of ether oxygens (including phenoxy) is 2. The number of hydrogen-bond acceptors (Lipinski definition) is 8. The number of amides is 4. The van der Waals surface area contributed by atoms with Crippen molar-refractivity contribution in [1.29, 1.82) is 5.41 Å². The van der Waals surface area contributed by atoms with Gasteiger partial charge in [-0.3, -0.25) is 25.1 Å². The lowest BCUT2D eigenvalue weighted by atomic mass is 9.95. The number of imide groups is 1. The van der Waals surface area contributed by atoms with Crippen LogP contribution >= 0.6 is 12.4 Å². The highest BCUT2D eigenvalue weighted by Crippen LogP contribution is 2.44. The van der Waals surface area contributed by atoms with Gasteiger partial charge in [0, 0.05) is 25.8 Å². The Labute approximate surface area is 254 Å². The van der Waals surface area contributed by atoms with Gasteiger partial charge in [0.2, 0.25) is 23.3 Å². The Morgan fingerprint density at radius 2 is 1.47 bits per heavy atom. The van der Waals surface area contributed by atoms with Crippen LogP contribution in [0.15, 0.2) is 24.3 Å². The lowest BCUT2D eigenvalue weighted by Crippen LogP contribution is -2.34. The molecule has 1 aliphatic heterocycles. The van der Waals surface area contributed by atoms with Crippen LogP contribution in [0.1, 0.15) is 70.7 Å². The van der Waals surface area contributed by atoms with E-state index in [1.807, 2.05) is 0 Å². The molecule has 3 aliphatic rings. The molecule has 0 radical (unpaired) electrons. The fourth-order valence-electron chi connectivity index (χ4n) is 5.14. The monoisotopic (exact) mass is 626 g/mol. The standard InChI is InChI=1S/C14H17FN2O3.C13H11FN2O4.2CH4.ClH/c1-3-20-13(16)14(19)5-4-9-6-12(17-8(2)18)11(15)7-10(9)14;1-6(17)15-10-4-7-2-3-13(8(7)5-9(10)14)11(18)16-12(19)20-13;;;/h6-7,16,19H,3-5H2,1-2H3,(H,17,18);4-5H,2-3H2,1H3,(H,15,17)(H,16,18,19);2*1H4;1H. The lowest BCUT2D eigenvalue weighted by molar-refractivity contribution is -0.132. The van der Waals surface area contributed by atoms with E-state index in [2.05, 4.69) is 16.0 Å². The molecule has 2 aliphatic carbocycles. The first kappa shape index (κ1) is 36.9. The number of benzene rings is 2. The Balaban J connectivity index is 0.000000402. The predicted octanol–water partition coefficient (Wildman–Crippen LogP) is 4.82.